The first-order chi connectivity index (χ1) is 10.5. The van der Waals surface area contributed by atoms with Gasteiger partial charge in [-0.1, -0.05) is 5.92 Å². The topological polar surface area (TPSA) is 127 Å². The third-order valence-corrected chi connectivity index (χ3v) is 4.04. The zero-order valence-electron chi connectivity index (χ0n) is 11.7. The molecule has 8 heteroatoms. The van der Waals surface area contributed by atoms with Crippen molar-refractivity contribution in [2.24, 2.45) is 0 Å². The lowest BCUT2D eigenvalue weighted by Gasteiger charge is -2.30. The van der Waals surface area contributed by atoms with Crippen molar-refractivity contribution in [2.75, 3.05) is 18.9 Å². The van der Waals surface area contributed by atoms with Crippen molar-refractivity contribution in [1.29, 1.82) is 0 Å². The van der Waals surface area contributed by atoms with Crippen LogP contribution >= 0.6 is 0 Å². The fraction of sp³-hybridized carbons (Fsp3) is 0.429. The number of anilines is 1. The van der Waals surface area contributed by atoms with Crippen molar-refractivity contribution in [3.63, 3.8) is 0 Å². The monoisotopic (exact) mass is 304 g/mol. The Balaban J connectivity index is 1.95. The van der Waals surface area contributed by atoms with Gasteiger partial charge in [0, 0.05) is 6.20 Å². The summed E-state index contributed by atoms with van der Waals surface area (Å²) in [6, 6.07) is 1.72. The van der Waals surface area contributed by atoms with Crippen molar-refractivity contribution in [3.05, 3.63) is 18.6 Å². The number of nitrogens with zero attached hydrogens (tertiary/aromatic N) is 3. The van der Waals surface area contributed by atoms with Gasteiger partial charge >= 0.3 is 0 Å². The Bertz CT molecular complexity index is 755. The van der Waals surface area contributed by atoms with Gasteiger partial charge in [-0.25, -0.2) is 9.97 Å². The van der Waals surface area contributed by atoms with E-state index in [1.54, 1.807) is 16.8 Å². The SMILES string of the molecule is C#C[C@]1(CO)OCC(O)(Cn2ccc3c(N)ncnc32)C1O. The summed E-state index contributed by atoms with van der Waals surface area (Å²) in [5.41, 5.74) is 3.03. The predicted molar refractivity (Wildman–Crippen MR) is 77.5 cm³/mol. The van der Waals surface area contributed by atoms with Crippen molar-refractivity contribution < 1.29 is 20.1 Å². The minimum absolute atomic E-state index is 0.0163. The zero-order chi connectivity index (χ0) is 16.0. The highest BCUT2D eigenvalue weighted by Crippen LogP contribution is 2.35. The average Bonchev–Trinajstić information content (AvgIpc) is 3.03. The number of ether oxygens (including phenoxy) is 1. The molecular weight excluding hydrogens is 288 g/mol. The highest BCUT2D eigenvalue weighted by atomic mass is 16.6. The van der Waals surface area contributed by atoms with Crippen LogP contribution in [0, 0.1) is 12.3 Å². The van der Waals surface area contributed by atoms with E-state index in [0.717, 1.165) is 0 Å². The number of hydrogen-bond donors (Lipinski definition) is 4. The second kappa shape index (κ2) is 4.93. The summed E-state index contributed by atoms with van der Waals surface area (Å²) in [6.07, 6.45) is 6.88. The van der Waals surface area contributed by atoms with Gasteiger partial charge in [0.1, 0.15) is 29.5 Å². The largest absolute Gasteiger partial charge is 0.392 e. The van der Waals surface area contributed by atoms with Crippen LogP contribution in [0.4, 0.5) is 5.82 Å². The average molecular weight is 304 g/mol. The Hall–Kier alpha value is -2.18. The lowest BCUT2D eigenvalue weighted by atomic mass is 9.88. The number of terminal acetylenes is 1. The van der Waals surface area contributed by atoms with Gasteiger partial charge in [0.2, 0.25) is 0 Å². The first-order valence-corrected chi connectivity index (χ1v) is 6.64. The number of rotatable bonds is 3. The quantitative estimate of drug-likeness (QED) is 0.508. The van der Waals surface area contributed by atoms with Crippen LogP contribution in [0.2, 0.25) is 0 Å². The van der Waals surface area contributed by atoms with Gasteiger partial charge in [0.15, 0.2) is 5.60 Å². The molecule has 1 aliphatic heterocycles. The van der Waals surface area contributed by atoms with Crippen molar-refractivity contribution in [1.82, 2.24) is 14.5 Å². The summed E-state index contributed by atoms with van der Waals surface area (Å²) in [4.78, 5) is 8.02. The molecule has 2 unspecified atom stereocenters. The highest BCUT2D eigenvalue weighted by Gasteiger charge is 2.57. The van der Waals surface area contributed by atoms with Crippen LogP contribution in [0.15, 0.2) is 18.6 Å². The van der Waals surface area contributed by atoms with E-state index in [0.29, 0.717) is 16.9 Å². The van der Waals surface area contributed by atoms with Gasteiger partial charge in [-0.2, -0.15) is 0 Å². The molecule has 1 saturated heterocycles. The summed E-state index contributed by atoms with van der Waals surface area (Å²) in [6.45, 7) is -0.814. The number of aromatic nitrogens is 3. The molecule has 0 radical (unpaired) electrons. The molecule has 1 fully saturated rings. The maximum atomic E-state index is 10.7. The van der Waals surface area contributed by atoms with Crippen LogP contribution in [0.5, 0.6) is 0 Å². The Kier molecular flexibility index (Phi) is 3.30. The van der Waals surface area contributed by atoms with E-state index in [4.69, 9.17) is 16.9 Å². The van der Waals surface area contributed by atoms with Crippen LogP contribution in [0.25, 0.3) is 11.0 Å². The number of aliphatic hydroxyl groups excluding tert-OH is 2. The molecule has 116 valence electrons. The molecule has 0 aromatic carbocycles. The predicted octanol–water partition coefficient (Wildman–Crippen LogP) is -1.50. The van der Waals surface area contributed by atoms with E-state index in [1.807, 2.05) is 0 Å². The Morgan fingerprint density at radius 1 is 1.55 bits per heavy atom. The first-order valence-electron chi connectivity index (χ1n) is 6.64. The lowest BCUT2D eigenvalue weighted by Crippen LogP contribution is -2.53. The second-order valence-corrected chi connectivity index (χ2v) is 5.43. The minimum atomic E-state index is -1.65. The van der Waals surface area contributed by atoms with Gasteiger partial charge in [-0.3, -0.25) is 0 Å². The summed E-state index contributed by atoms with van der Waals surface area (Å²) in [5.74, 6) is 2.55. The molecule has 3 atom stereocenters. The number of nitrogen functional groups attached to an aromatic ring is 1. The molecule has 3 rings (SSSR count). The van der Waals surface area contributed by atoms with Crippen molar-refractivity contribution in [2.45, 2.75) is 23.9 Å². The molecule has 2 aromatic heterocycles. The molecule has 0 spiro atoms. The molecule has 8 nitrogen and oxygen atoms in total. The molecule has 0 saturated carbocycles. The molecular formula is C14H16N4O4. The highest BCUT2D eigenvalue weighted by molar-refractivity contribution is 5.85. The Morgan fingerprint density at radius 3 is 2.95 bits per heavy atom. The summed E-state index contributed by atoms with van der Waals surface area (Å²) < 4.78 is 6.92. The van der Waals surface area contributed by atoms with Crippen LogP contribution in [-0.4, -0.2) is 60.4 Å². The lowest BCUT2D eigenvalue weighted by molar-refractivity contribution is -0.0825. The minimum Gasteiger partial charge on any atom is -0.392 e. The summed E-state index contributed by atoms with van der Waals surface area (Å²) in [7, 11) is 0. The Labute approximate surface area is 126 Å². The third-order valence-electron chi connectivity index (χ3n) is 4.04. The van der Waals surface area contributed by atoms with E-state index in [1.165, 1.54) is 6.33 Å². The Morgan fingerprint density at radius 2 is 2.32 bits per heavy atom. The molecule has 0 aliphatic carbocycles. The van der Waals surface area contributed by atoms with E-state index >= 15 is 0 Å². The summed E-state index contributed by atoms with van der Waals surface area (Å²) >= 11 is 0. The van der Waals surface area contributed by atoms with E-state index < -0.39 is 23.9 Å². The molecule has 0 bridgehead atoms. The maximum absolute atomic E-state index is 10.7. The molecule has 5 N–H and O–H groups in total. The van der Waals surface area contributed by atoms with E-state index in [9.17, 15) is 15.3 Å². The number of aliphatic hydroxyl groups is 3. The normalized spacial score (nSPS) is 31.5. The number of fused-ring (bicyclic) bond motifs is 1. The van der Waals surface area contributed by atoms with Crippen LogP contribution in [0.1, 0.15) is 0 Å². The second-order valence-electron chi connectivity index (χ2n) is 5.43. The van der Waals surface area contributed by atoms with Crippen molar-refractivity contribution in [3.8, 4) is 12.3 Å². The summed E-state index contributed by atoms with van der Waals surface area (Å²) in [5, 5.41) is 31.0. The molecule has 2 aromatic rings. The van der Waals surface area contributed by atoms with Gasteiger partial charge < -0.3 is 30.4 Å². The van der Waals surface area contributed by atoms with E-state index in [2.05, 4.69) is 15.9 Å². The van der Waals surface area contributed by atoms with Crippen molar-refractivity contribution >= 4 is 16.9 Å². The number of nitrogens with two attached hydrogens (primary N) is 1. The van der Waals surface area contributed by atoms with Gasteiger partial charge in [-0.05, 0) is 6.07 Å². The first kappa shape index (κ1) is 14.7. The third kappa shape index (κ3) is 1.95. The molecule has 22 heavy (non-hydrogen) atoms. The molecule has 0 amide bonds. The zero-order valence-corrected chi connectivity index (χ0v) is 11.7. The van der Waals surface area contributed by atoms with Gasteiger partial charge in [0.25, 0.3) is 0 Å². The van der Waals surface area contributed by atoms with Crippen LogP contribution < -0.4 is 5.73 Å². The standard InChI is InChI=1S/C14H16N4O4/c1-2-14(6-19)12(20)13(21,7-22-14)5-18-4-3-9-10(15)16-8-17-11(9)18/h1,3-4,8,12,19-21H,5-7H2,(H2,15,16,17)/t12?,13?,14-/m1/s1. The van der Waals surface area contributed by atoms with Gasteiger partial charge in [-0.15, -0.1) is 6.42 Å². The fourth-order valence-electron chi connectivity index (χ4n) is 2.72. The smallest absolute Gasteiger partial charge is 0.179 e. The molecule has 1 aliphatic rings. The van der Waals surface area contributed by atoms with E-state index in [-0.39, 0.29) is 13.2 Å². The van der Waals surface area contributed by atoms with Gasteiger partial charge in [0.05, 0.1) is 25.1 Å². The van der Waals surface area contributed by atoms with Crippen LogP contribution in [-0.2, 0) is 11.3 Å². The fourth-order valence-corrected chi connectivity index (χ4v) is 2.72. The maximum Gasteiger partial charge on any atom is 0.179 e. The molecule has 3 heterocycles. The van der Waals surface area contributed by atoms with Crippen LogP contribution in [0.3, 0.4) is 0 Å². The number of hydrogen-bond acceptors (Lipinski definition) is 7.